The smallest absolute Gasteiger partial charge is 0.323 e. The van der Waals surface area contributed by atoms with Crippen molar-refractivity contribution in [3.63, 3.8) is 0 Å². The van der Waals surface area contributed by atoms with E-state index in [1.165, 1.54) is 5.56 Å². The van der Waals surface area contributed by atoms with Crippen molar-refractivity contribution >= 4 is 11.9 Å². The van der Waals surface area contributed by atoms with Crippen LogP contribution in [0.5, 0.6) is 0 Å². The Hall–Kier alpha value is -2.60. The Morgan fingerprint density at radius 2 is 1.75 bits per heavy atom. The molecule has 0 N–H and O–H groups in total. The molecule has 0 aliphatic carbocycles. The molecule has 32 heavy (non-hydrogen) atoms. The van der Waals surface area contributed by atoms with E-state index < -0.39 is 6.04 Å². The molecule has 1 aromatic heterocycles. The monoisotopic (exact) mass is 442 g/mol. The first-order valence-corrected chi connectivity index (χ1v) is 11.6. The number of rotatable bonds is 13. The first-order chi connectivity index (χ1) is 15.3. The summed E-state index contributed by atoms with van der Waals surface area (Å²) in [5.41, 5.74) is 1.18. The molecule has 0 spiro atoms. The molecule has 6 heteroatoms. The van der Waals surface area contributed by atoms with Gasteiger partial charge in [-0.1, -0.05) is 44.2 Å². The summed E-state index contributed by atoms with van der Waals surface area (Å²) in [7, 11) is 0. The zero-order chi connectivity index (χ0) is 23.5. The SMILES string of the molecule is CCOC(=O)[C@H](C)N(CCC(C)C)CC(=O)N(CCc1ccccc1)Cc1ccc(C)o1. The summed E-state index contributed by atoms with van der Waals surface area (Å²) in [5, 5.41) is 0. The number of ether oxygens (including phenoxy) is 1. The molecule has 0 aliphatic rings. The number of nitrogens with zero attached hydrogens (tertiary/aromatic N) is 2. The largest absolute Gasteiger partial charge is 0.465 e. The minimum Gasteiger partial charge on any atom is -0.465 e. The Morgan fingerprint density at radius 3 is 2.34 bits per heavy atom. The molecule has 1 heterocycles. The Bertz CT molecular complexity index is 831. The average Bonchev–Trinajstić information content (AvgIpc) is 3.18. The normalized spacial score (nSPS) is 12.2. The van der Waals surface area contributed by atoms with E-state index in [9.17, 15) is 9.59 Å². The lowest BCUT2D eigenvalue weighted by atomic mass is 10.1. The number of aryl methyl sites for hydroxylation is 1. The highest BCUT2D eigenvalue weighted by molar-refractivity contribution is 5.80. The maximum absolute atomic E-state index is 13.4. The molecule has 6 nitrogen and oxygen atoms in total. The molecule has 0 bridgehead atoms. The van der Waals surface area contributed by atoms with Gasteiger partial charge in [-0.15, -0.1) is 0 Å². The molecule has 0 saturated carbocycles. The lowest BCUT2D eigenvalue weighted by molar-refractivity contribution is -0.150. The van der Waals surface area contributed by atoms with Gasteiger partial charge in [-0.2, -0.15) is 0 Å². The minimum absolute atomic E-state index is 0.0186. The van der Waals surface area contributed by atoms with Gasteiger partial charge in [0.15, 0.2) is 0 Å². The molecule has 2 aromatic rings. The molecule has 1 atom stereocenters. The van der Waals surface area contributed by atoms with E-state index in [4.69, 9.17) is 9.15 Å². The average molecular weight is 443 g/mol. The van der Waals surface area contributed by atoms with Gasteiger partial charge >= 0.3 is 5.97 Å². The molecule has 0 saturated heterocycles. The second kappa shape index (κ2) is 13.1. The summed E-state index contributed by atoms with van der Waals surface area (Å²) >= 11 is 0. The van der Waals surface area contributed by atoms with Crippen molar-refractivity contribution in [2.75, 3.05) is 26.2 Å². The predicted octanol–water partition coefficient (Wildman–Crippen LogP) is 4.46. The van der Waals surface area contributed by atoms with Gasteiger partial charge in [0, 0.05) is 6.54 Å². The van der Waals surface area contributed by atoms with Crippen LogP contribution in [0.15, 0.2) is 46.9 Å². The fourth-order valence-electron chi connectivity index (χ4n) is 3.48. The summed E-state index contributed by atoms with van der Waals surface area (Å²) in [4.78, 5) is 29.5. The van der Waals surface area contributed by atoms with Crippen molar-refractivity contribution in [1.29, 1.82) is 0 Å². The number of amides is 1. The summed E-state index contributed by atoms with van der Waals surface area (Å²) in [6, 6.07) is 13.5. The molecule has 0 unspecified atom stereocenters. The maximum Gasteiger partial charge on any atom is 0.323 e. The van der Waals surface area contributed by atoms with Gasteiger partial charge in [0.05, 0.1) is 19.7 Å². The van der Waals surface area contributed by atoms with Gasteiger partial charge in [0.25, 0.3) is 0 Å². The zero-order valence-electron chi connectivity index (χ0n) is 20.2. The van der Waals surface area contributed by atoms with E-state index in [1.807, 2.05) is 54.0 Å². The molecule has 0 fully saturated rings. The third-order valence-corrected chi connectivity index (χ3v) is 5.52. The van der Waals surface area contributed by atoms with Gasteiger partial charge in [0.1, 0.15) is 17.6 Å². The number of hydrogen-bond acceptors (Lipinski definition) is 5. The van der Waals surface area contributed by atoms with Crippen LogP contribution in [-0.2, 0) is 27.3 Å². The van der Waals surface area contributed by atoms with E-state index in [0.29, 0.717) is 32.2 Å². The third kappa shape index (κ3) is 8.50. The lowest BCUT2D eigenvalue weighted by Gasteiger charge is -2.30. The van der Waals surface area contributed by atoms with Gasteiger partial charge in [0.2, 0.25) is 5.91 Å². The number of carbonyl (C=O) groups excluding carboxylic acids is 2. The van der Waals surface area contributed by atoms with Crippen LogP contribution in [0.1, 0.15) is 51.2 Å². The van der Waals surface area contributed by atoms with E-state index in [-0.39, 0.29) is 18.4 Å². The standard InChI is InChI=1S/C26H38N2O4/c1-6-31-26(30)22(5)27(16-14-20(2)3)19-25(29)28(18-24-13-12-21(4)32-24)17-15-23-10-8-7-9-11-23/h7-13,20,22H,6,14-19H2,1-5H3/t22-/m0/s1. The first kappa shape index (κ1) is 25.7. The highest BCUT2D eigenvalue weighted by atomic mass is 16.5. The molecular formula is C26H38N2O4. The van der Waals surface area contributed by atoms with Crippen molar-refractivity contribution in [3.05, 3.63) is 59.5 Å². The molecular weight excluding hydrogens is 404 g/mol. The van der Waals surface area contributed by atoms with Gasteiger partial charge in [-0.05, 0) is 63.8 Å². The number of esters is 1. The zero-order valence-corrected chi connectivity index (χ0v) is 20.2. The predicted molar refractivity (Wildman–Crippen MR) is 126 cm³/mol. The van der Waals surface area contributed by atoms with Crippen LogP contribution in [-0.4, -0.2) is 54.0 Å². The van der Waals surface area contributed by atoms with Gasteiger partial charge in [-0.3, -0.25) is 14.5 Å². The molecule has 176 valence electrons. The van der Waals surface area contributed by atoms with E-state index in [2.05, 4.69) is 26.0 Å². The molecule has 0 radical (unpaired) electrons. The van der Waals surface area contributed by atoms with Crippen LogP contribution in [0.3, 0.4) is 0 Å². The van der Waals surface area contributed by atoms with Crippen molar-refractivity contribution in [2.24, 2.45) is 5.92 Å². The van der Waals surface area contributed by atoms with Crippen LogP contribution < -0.4 is 0 Å². The highest BCUT2D eigenvalue weighted by Crippen LogP contribution is 2.14. The van der Waals surface area contributed by atoms with Crippen molar-refractivity contribution in [3.8, 4) is 0 Å². The summed E-state index contributed by atoms with van der Waals surface area (Å²) in [6.07, 6.45) is 1.66. The Kier molecular flexibility index (Phi) is 10.5. The topological polar surface area (TPSA) is 63.0 Å². The minimum atomic E-state index is -0.473. The molecule has 0 aliphatic heterocycles. The highest BCUT2D eigenvalue weighted by Gasteiger charge is 2.27. The maximum atomic E-state index is 13.4. The number of furan rings is 1. The van der Waals surface area contributed by atoms with Gasteiger partial charge < -0.3 is 14.1 Å². The number of benzene rings is 1. The van der Waals surface area contributed by atoms with Crippen LogP contribution in [0.25, 0.3) is 0 Å². The summed E-state index contributed by atoms with van der Waals surface area (Å²) < 4.78 is 11.0. The fraction of sp³-hybridized carbons (Fsp3) is 0.538. The number of hydrogen-bond donors (Lipinski definition) is 0. The van der Waals surface area contributed by atoms with Crippen molar-refractivity contribution in [2.45, 2.75) is 60.0 Å². The summed E-state index contributed by atoms with van der Waals surface area (Å²) in [5.74, 6) is 1.75. The van der Waals surface area contributed by atoms with Crippen LogP contribution >= 0.6 is 0 Å². The first-order valence-electron chi connectivity index (χ1n) is 11.6. The molecule has 1 amide bonds. The van der Waals surface area contributed by atoms with Crippen LogP contribution in [0.4, 0.5) is 0 Å². The summed E-state index contributed by atoms with van der Waals surface area (Å²) in [6.45, 7) is 11.9. The Labute approximate surface area is 192 Å². The van der Waals surface area contributed by atoms with E-state index in [0.717, 1.165) is 24.4 Å². The quantitative estimate of drug-likeness (QED) is 0.429. The third-order valence-electron chi connectivity index (χ3n) is 5.52. The van der Waals surface area contributed by atoms with Crippen LogP contribution in [0.2, 0.25) is 0 Å². The van der Waals surface area contributed by atoms with Gasteiger partial charge in [-0.25, -0.2) is 0 Å². The fourth-order valence-corrected chi connectivity index (χ4v) is 3.48. The molecule has 1 aromatic carbocycles. The second-order valence-electron chi connectivity index (χ2n) is 8.64. The lowest BCUT2D eigenvalue weighted by Crippen LogP contribution is -2.47. The van der Waals surface area contributed by atoms with Crippen molar-refractivity contribution in [1.82, 2.24) is 9.80 Å². The van der Waals surface area contributed by atoms with Crippen LogP contribution in [0, 0.1) is 12.8 Å². The van der Waals surface area contributed by atoms with E-state index >= 15 is 0 Å². The second-order valence-corrected chi connectivity index (χ2v) is 8.64. The Balaban J connectivity index is 2.14. The Morgan fingerprint density at radius 1 is 1.03 bits per heavy atom. The van der Waals surface area contributed by atoms with E-state index in [1.54, 1.807) is 6.92 Å². The number of carbonyl (C=O) groups is 2. The van der Waals surface area contributed by atoms with Crippen molar-refractivity contribution < 1.29 is 18.7 Å². The molecule has 2 rings (SSSR count).